The van der Waals surface area contributed by atoms with Crippen molar-refractivity contribution in [1.29, 1.82) is 0 Å². The first-order valence-electron chi connectivity index (χ1n) is 6.92. The van der Waals surface area contributed by atoms with E-state index < -0.39 is 30.4 Å². The molecule has 1 unspecified atom stereocenters. The molecule has 2 aliphatic rings. The second kappa shape index (κ2) is 5.35. The summed E-state index contributed by atoms with van der Waals surface area (Å²) < 4.78 is 17.1. The van der Waals surface area contributed by atoms with E-state index in [0.717, 1.165) is 5.56 Å². The van der Waals surface area contributed by atoms with Gasteiger partial charge in [-0.15, -0.1) is 0 Å². The highest BCUT2D eigenvalue weighted by atomic mass is 16.8. The molecule has 5 heteroatoms. The van der Waals surface area contributed by atoms with Crippen molar-refractivity contribution in [2.75, 3.05) is 0 Å². The van der Waals surface area contributed by atoms with Crippen molar-refractivity contribution in [3.05, 3.63) is 48.0 Å². The van der Waals surface area contributed by atoms with Crippen LogP contribution in [-0.4, -0.2) is 35.2 Å². The fraction of sp³-hybridized carbons (Fsp3) is 0.438. The quantitative estimate of drug-likeness (QED) is 0.898. The lowest BCUT2D eigenvalue weighted by molar-refractivity contribution is -0.185. The average molecular weight is 290 g/mol. The number of carbonyl (C=O) groups excluding carboxylic acids is 1. The SMILES string of the molecule is CC1(C)O[C@@H]([C@@H]2OC(O)C=CC2=O)[C@@H](c2ccccc2)O1. The van der Waals surface area contributed by atoms with Crippen LogP contribution in [0.25, 0.3) is 0 Å². The number of benzene rings is 1. The van der Waals surface area contributed by atoms with Crippen LogP contribution in [-0.2, 0) is 19.0 Å². The number of hydrogen-bond acceptors (Lipinski definition) is 5. The highest BCUT2D eigenvalue weighted by Gasteiger charge is 2.49. The summed E-state index contributed by atoms with van der Waals surface area (Å²) in [6.45, 7) is 3.59. The number of ether oxygens (including phenoxy) is 3. The van der Waals surface area contributed by atoms with Crippen LogP contribution in [0, 0.1) is 0 Å². The Kier molecular flexibility index (Phi) is 3.67. The Labute approximate surface area is 123 Å². The molecule has 5 nitrogen and oxygen atoms in total. The van der Waals surface area contributed by atoms with Crippen molar-refractivity contribution in [1.82, 2.24) is 0 Å². The van der Waals surface area contributed by atoms with Crippen LogP contribution >= 0.6 is 0 Å². The fourth-order valence-corrected chi connectivity index (χ4v) is 2.69. The highest BCUT2D eigenvalue weighted by molar-refractivity contribution is 5.94. The van der Waals surface area contributed by atoms with Gasteiger partial charge in [0.15, 0.2) is 24.0 Å². The number of aliphatic hydroxyl groups is 1. The summed E-state index contributed by atoms with van der Waals surface area (Å²) in [7, 11) is 0. The second-order valence-electron chi connectivity index (χ2n) is 5.64. The molecule has 3 rings (SSSR count). The lowest BCUT2D eigenvalue weighted by Crippen LogP contribution is -2.43. The van der Waals surface area contributed by atoms with Crippen LogP contribution in [0.2, 0.25) is 0 Å². The van der Waals surface area contributed by atoms with Gasteiger partial charge >= 0.3 is 0 Å². The molecule has 1 aromatic carbocycles. The Hall–Kier alpha value is -1.53. The van der Waals surface area contributed by atoms with Crippen molar-refractivity contribution in [2.24, 2.45) is 0 Å². The average Bonchev–Trinajstić information content (AvgIpc) is 2.78. The molecule has 4 atom stereocenters. The predicted octanol–water partition coefficient (Wildman–Crippen LogP) is 1.72. The summed E-state index contributed by atoms with van der Waals surface area (Å²) in [5, 5.41) is 9.59. The van der Waals surface area contributed by atoms with Gasteiger partial charge in [-0.1, -0.05) is 30.3 Å². The third-order valence-electron chi connectivity index (χ3n) is 3.55. The molecule has 0 bridgehead atoms. The molecular formula is C16H18O5. The van der Waals surface area contributed by atoms with Gasteiger partial charge in [-0.3, -0.25) is 4.79 Å². The van der Waals surface area contributed by atoms with E-state index in [-0.39, 0.29) is 5.78 Å². The van der Waals surface area contributed by atoms with Gasteiger partial charge < -0.3 is 19.3 Å². The van der Waals surface area contributed by atoms with E-state index in [1.807, 2.05) is 30.3 Å². The summed E-state index contributed by atoms with van der Waals surface area (Å²) in [5.74, 6) is -1.05. The van der Waals surface area contributed by atoms with Gasteiger partial charge in [0.05, 0.1) is 0 Å². The van der Waals surface area contributed by atoms with Crippen LogP contribution in [0.3, 0.4) is 0 Å². The monoisotopic (exact) mass is 290 g/mol. The van der Waals surface area contributed by atoms with Crippen LogP contribution in [0.1, 0.15) is 25.5 Å². The third-order valence-corrected chi connectivity index (χ3v) is 3.55. The Morgan fingerprint density at radius 1 is 1.10 bits per heavy atom. The molecule has 0 saturated carbocycles. The molecule has 1 fully saturated rings. The number of hydrogen-bond donors (Lipinski definition) is 1. The van der Waals surface area contributed by atoms with Crippen molar-refractivity contribution in [2.45, 2.75) is 44.2 Å². The third kappa shape index (κ3) is 2.91. The molecule has 2 aliphatic heterocycles. The second-order valence-corrected chi connectivity index (χ2v) is 5.64. The van der Waals surface area contributed by atoms with E-state index in [9.17, 15) is 9.90 Å². The molecule has 21 heavy (non-hydrogen) atoms. The van der Waals surface area contributed by atoms with Gasteiger partial charge in [-0.25, -0.2) is 0 Å². The van der Waals surface area contributed by atoms with Crippen molar-refractivity contribution in [3.8, 4) is 0 Å². The summed E-state index contributed by atoms with van der Waals surface area (Å²) >= 11 is 0. The molecule has 0 amide bonds. The topological polar surface area (TPSA) is 65.0 Å². The highest BCUT2D eigenvalue weighted by Crippen LogP contribution is 2.41. The minimum atomic E-state index is -1.10. The van der Waals surface area contributed by atoms with Gasteiger partial charge in [0.25, 0.3) is 0 Å². The van der Waals surface area contributed by atoms with E-state index >= 15 is 0 Å². The molecule has 0 aliphatic carbocycles. The van der Waals surface area contributed by atoms with Gasteiger partial charge in [-0.05, 0) is 31.6 Å². The summed E-state index contributed by atoms with van der Waals surface area (Å²) in [4.78, 5) is 12.1. The minimum Gasteiger partial charge on any atom is -0.365 e. The fourth-order valence-electron chi connectivity index (χ4n) is 2.69. The maximum absolute atomic E-state index is 12.1. The van der Waals surface area contributed by atoms with Gasteiger partial charge in [-0.2, -0.15) is 0 Å². The zero-order chi connectivity index (χ0) is 15.0. The zero-order valence-corrected chi connectivity index (χ0v) is 11.9. The van der Waals surface area contributed by atoms with Gasteiger partial charge in [0, 0.05) is 0 Å². The number of rotatable bonds is 2. The molecule has 1 saturated heterocycles. The molecule has 1 N–H and O–H groups in total. The maximum Gasteiger partial charge on any atom is 0.187 e. The largest absolute Gasteiger partial charge is 0.365 e. The lowest BCUT2D eigenvalue weighted by atomic mass is 9.97. The van der Waals surface area contributed by atoms with Gasteiger partial charge in [0.2, 0.25) is 0 Å². The molecular weight excluding hydrogens is 272 g/mol. The number of carbonyl (C=O) groups is 1. The Bertz CT molecular complexity index is 551. The van der Waals surface area contributed by atoms with Crippen molar-refractivity contribution < 1.29 is 24.1 Å². The molecule has 0 aromatic heterocycles. The molecule has 0 radical (unpaired) electrons. The zero-order valence-electron chi connectivity index (χ0n) is 11.9. The van der Waals surface area contributed by atoms with E-state index in [0.29, 0.717) is 0 Å². The van der Waals surface area contributed by atoms with Gasteiger partial charge in [0.1, 0.15) is 12.2 Å². The molecule has 1 aromatic rings. The Balaban J connectivity index is 1.91. The standard InChI is InChI=1S/C16H18O5/c1-16(2)20-13(10-6-4-3-5-7-10)15(21-16)14-11(17)8-9-12(18)19-14/h3-9,12-15,18H,1-2H3/t12?,13-,14-,15-/m1/s1. The van der Waals surface area contributed by atoms with Crippen LogP contribution in [0.4, 0.5) is 0 Å². The van der Waals surface area contributed by atoms with Crippen LogP contribution < -0.4 is 0 Å². The molecule has 2 heterocycles. The maximum atomic E-state index is 12.1. The normalized spacial score (nSPS) is 35.1. The first-order chi connectivity index (χ1) is 9.96. The molecule has 0 spiro atoms. The first-order valence-corrected chi connectivity index (χ1v) is 6.92. The number of ketones is 1. The minimum absolute atomic E-state index is 0.229. The van der Waals surface area contributed by atoms with E-state index in [1.165, 1.54) is 12.2 Å². The smallest absolute Gasteiger partial charge is 0.187 e. The van der Waals surface area contributed by atoms with Crippen LogP contribution in [0.15, 0.2) is 42.5 Å². The Morgan fingerprint density at radius 3 is 2.52 bits per heavy atom. The molecule has 112 valence electrons. The van der Waals surface area contributed by atoms with Crippen molar-refractivity contribution >= 4 is 5.78 Å². The summed E-state index contributed by atoms with van der Waals surface area (Å²) in [6.07, 6.45) is -0.357. The van der Waals surface area contributed by atoms with E-state index in [1.54, 1.807) is 13.8 Å². The van der Waals surface area contributed by atoms with Crippen LogP contribution in [0.5, 0.6) is 0 Å². The summed E-state index contributed by atoms with van der Waals surface area (Å²) in [5.41, 5.74) is 0.911. The van der Waals surface area contributed by atoms with E-state index in [2.05, 4.69) is 0 Å². The Morgan fingerprint density at radius 2 is 1.81 bits per heavy atom. The van der Waals surface area contributed by atoms with Crippen molar-refractivity contribution in [3.63, 3.8) is 0 Å². The predicted molar refractivity (Wildman–Crippen MR) is 74.2 cm³/mol. The number of aliphatic hydroxyl groups excluding tert-OH is 1. The lowest BCUT2D eigenvalue weighted by Gasteiger charge is -2.28. The summed E-state index contributed by atoms with van der Waals surface area (Å²) in [6, 6.07) is 9.55. The first kappa shape index (κ1) is 14.4. The van der Waals surface area contributed by atoms with E-state index in [4.69, 9.17) is 14.2 Å².